The van der Waals surface area contributed by atoms with Crippen LogP contribution in [-0.4, -0.2) is 38.9 Å². The first-order chi connectivity index (χ1) is 25.3. The molecule has 0 N–H and O–H groups in total. The van der Waals surface area contributed by atoms with Crippen LogP contribution in [0.5, 0.6) is 11.5 Å². The molecular formula is C43H34N8OPt. The van der Waals surface area contributed by atoms with E-state index < -0.39 is 0 Å². The van der Waals surface area contributed by atoms with E-state index in [1.807, 2.05) is 82.6 Å². The van der Waals surface area contributed by atoms with Crippen molar-refractivity contribution in [2.75, 3.05) is 0 Å². The Morgan fingerprint density at radius 3 is 2.19 bits per heavy atom. The second-order valence-electron chi connectivity index (χ2n) is 13.8. The van der Waals surface area contributed by atoms with Crippen LogP contribution in [0.2, 0.25) is 0 Å². The molecule has 0 saturated carbocycles. The van der Waals surface area contributed by atoms with Gasteiger partial charge in [-0.2, -0.15) is 16.3 Å². The molecule has 0 unspecified atom stereocenters. The van der Waals surface area contributed by atoms with Gasteiger partial charge in [-0.3, -0.25) is 0 Å². The quantitative estimate of drug-likeness (QED) is 0.149. The molecule has 0 aliphatic carbocycles. The van der Waals surface area contributed by atoms with Crippen LogP contribution in [0.1, 0.15) is 31.9 Å². The number of aromatic nitrogens is 8. The Hall–Kier alpha value is -6.05. The van der Waals surface area contributed by atoms with Crippen molar-refractivity contribution in [3.63, 3.8) is 0 Å². The van der Waals surface area contributed by atoms with Gasteiger partial charge in [-0.25, -0.2) is 19.0 Å². The van der Waals surface area contributed by atoms with Crippen LogP contribution in [0, 0.1) is 19.1 Å². The summed E-state index contributed by atoms with van der Waals surface area (Å²) in [5, 5.41) is 16.6. The molecule has 0 bridgehead atoms. The molecule has 262 valence electrons. The Morgan fingerprint density at radius 2 is 1.45 bits per heavy atom. The number of fused-ring (bicyclic) bond motifs is 3. The predicted molar refractivity (Wildman–Crippen MR) is 203 cm³/mol. The van der Waals surface area contributed by atoms with Crippen LogP contribution in [-0.2, 0) is 26.5 Å². The summed E-state index contributed by atoms with van der Waals surface area (Å²) in [5.41, 5.74) is 6.46. The maximum atomic E-state index is 6.69. The van der Waals surface area contributed by atoms with Gasteiger partial charge in [0.2, 0.25) is 0 Å². The van der Waals surface area contributed by atoms with Crippen LogP contribution in [0.15, 0.2) is 134 Å². The van der Waals surface area contributed by atoms with Gasteiger partial charge in [-0.05, 0) is 64.9 Å². The van der Waals surface area contributed by atoms with Crippen molar-refractivity contribution < 1.29 is 25.8 Å². The van der Waals surface area contributed by atoms with E-state index in [0.29, 0.717) is 23.0 Å². The average molecular weight is 874 g/mol. The number of aryl methyl sites for hydroxylation is 1. The molecule has 0 radical (unpaired) electrons. The molecule has 9 rings (SSSR count). The van der Waals surface area contributed by atoms with E-state index in [9.17, 15) is 0 Å². The van der Waals surface area contributed by atoms with Gasteiger partial charge in [0.25, 0.3) is 0 Å². The number of para-hydroxylation sites is 1. The van der Waals surface area contributed by atoms with Gasteiger partial charge in [0, 0.05) is 48.0 Å². The normalized spacial score (nSPS) is 11.6. The molecule has 0 atom stereocenters. The molecule has 0 amide bonds. The average Bonchev–Trinajstić information content (AvgIpc) is 3.97. The summed E-state index contributed by atoms with van der Waals surface area (Å²) in [6.07, 6.45) is 9.17. The molecule has 9 aromatic rings. The summed E-state index contributed by atoms with van der Waals surface area (Å²) in [5.74, 6) is 3.34. The molecule has 10 heteroatoms. The minimum absolute atomic E-state index is 0. The van der Waals surface area contributed by atoms with Crippen LogP contribution >= 0.6 is 0 Å². The molecule has 0 aliphatic rings. The molecule has 5 aromatic heterocycles. The van der Waals surface area contributed by atoms with Gasteiger partial charge in [-0.1, -0.05) is 74.8 Å². The number of rotatable bonds is 7. The largest absolute Gasteiger partial charge is 2.00 e. The second kappa shape index (κ2) is 13.5. The number of benzene rings is 4. The Kier molecular flexibility index (Phi) is 8.67. The van der Waals surface area contributed by atoms with Crippen molar-refractivity contribution in [2.24, 2.45) is 0 Å². The molecule has 4 aromatic carbocycles. The van der Waals surface area contributed by atoms with Gasteiger partial charge in [-0.15, -0.1) is 46.4 Å². The molecule has 5 heterocycles. The van der Waals surface area contributed by atoms with E-state index in [2.05, 4.69) is 103 Å². The number of nitrogens with zero attached hydrogens (tertiary/aromatic N) is 8. The summed E-state index contributed by atoms with van der Waals surface area (Å²) < 4.78 is 14.3. The fourth-order valence-electron chi connectivity index (χ4n) is 6.65. The van der Waals surface area contributed by atoms with E-state index in [1.54, 1.807) is 17.1 Å². The summed E-state index contributed by atoms with van der Waals surface area (Å²) >= 11 is 0. The minimum atomic E-state index is -0.217. The zero-order valence-electron chi connectivity index (χ0n) is 29.5. The van der Waals surface area contributed by atoms with E-state index in [4.69, 9.17) is 14.8 Å². The van der Waals surface area contributed by atoms with Gasteiger partial charge in [0.05, 0.1) is 5.56 Å². The predicted octanol–water partition coefficient (Wildman–Crippen LogP) is 9.40. The summed E-state index contributed by atoms with van der Waals surface area (Å²) in [6, 6.07) is 41.8. The maximum Gasteiger partial charge on any atom is 2.00 e. The van der Waals surface area contributed by atoms with Crippen molar-refractivity contribution in [2.45, 2.75) is 33.1 Å². The zero-order valence-corrected chi connectivity index (χ0v) is 31.8. The third-order valence-electron chi connectivity index (χ3n) is 9.18. The molecule has 0 spiro atoms. The van der Waals surface area contributed by atoms with Crippen molar-refractivity contribution in [1.82, 2.24) is 38.9 Å². The van der Waals surface area contributed by atoms with Crippen molar-refractivity contribution in [3.8, 4) is 45.8 Å². The summed E-state index contributed by atoms with van der Waals surface area (Å²) in [4.78, 5) is 4.73. The zero-order chi connectivity index (χ0) is 35.4. The number of pyridine rings is 1. The van der Waals surface area contributed by atoms with Crippen molar-refractivity contribution >= 4 is 21.8 Å². The smallest absolute Gasteiger partial charge is 0.509 e. The Balaban J connectivity index is 0.00000400. The van der Waals surface area contributed by atoms with Crippen LogP contribution < -0.4 is 4.74 Å². The Morgan fingerprint density at radius 1 is 0.698 bits per heavy atom. The first kappa shape index (κ1) is 34.1. The van der Waals surface area contributed by atoms with Gasteiger partial charge < -0.3 is 9.30 Å². The molecule has 0 fully saturated rings. The van der Waals surface area contributed by atoms with Crippen LogP contribution in [0.25, 0.3) is 56.1 Å². The minimum Gasteiger partial charge on any atom is -0.509 e. The molecule has 0 saturated heterocycles. The van der Waals surface area contributed by atoms with Gasteiger partial charge >= 0.3 is 21.1 Å². The van der Waals surface area contributed by atoms with Crippen LogP contribution in [0.4, 0.5) is 0 Å². The molecule has 53 heavy (non-hydrogen) atoms. The Bertz CT molecular complexity index is 2700. The molecule has 0 aliphatic heterocycles. The maximum absolute atomic E-state index is 6.69. The third kappa shape index (κ3) is 6.17. The molecule has 9 nitrogen and oxygen atoms in total. The number of ether oxygens (including phenoxy) is 1. The first-order valence-corrected chi connectivity index (χ1v) is 17.1. The van der Waals surface area contributed by atoms with E-state index in [-0.39, 0.29) is 26.5 Å². The van der Waals surface area contributed by atoms with Gasteiger partial charge in [0.15, 0.2) is 11.6 Å². The topological polar surface area (TPSA) is 80.5 Å². The third-order valence-corrected chi connectivity index (χ3v) is 9.18. The monoisotopic (exact) mass is 873 g/mol. The second-order valence-corrected chi connectivity index (χ2v) is 13.8. The molecular weight excluding hydrogens is 840 g/mol. The fourth-order valence-corrected chi connectivity index (χ4v) is 6.65. The fraction of sp³-hybridized carbons (Fsp3) is 0.116. The first-order valence-electron chi connectivity index (χ1n) is 17.1. The summed E-state index contributed by atoms with van der Waals surface area (Å²) in [7, 11) is 0. The summed E-state index contributed by atoms with van der Waals surface area (Å²) in [6.45, 7) is 8.63. The van der Waals surface area contributed by atoms with Crippen LogP contribution in [0.3, 0.4) is 0 Å². The van der Waals surface area contributed by atoms with Gasteiger partial charge in [0.1, 0.15) is 5.82 Å². The van der Waals surface area contributed by atoms with Crippen molar-refractivity contribution in [1.29, 1.82) is 0 Å². The standard InChI is InChI=1S/C43H34N8O.Pt/c1-29-18-21-44-39(24-29)50-37-15-9-8-14-35(37)36-17-16-33(28-38(36)50)52-34-26-31(43(2,3)4)25-32(27-34)51-42(49-23-11-20-46-49)40(30-12-6-5-7-13-30)41(47-51)48-22-10-19-45-48;/h5-26H,1-4H3;/q-2;+2. The number of hydrogen-bond donors (Lipinski definition) is 0. The van der Waals surface area contributed by atoms with E-state index >= 15 is 0 Å². The van der Waals surface area contributed by atoms with E-state index in [0.717, 1.165) is 55.7 Å². The van der Waals surface area contributed by atoms with Crippen molar-refractivity contribution in [3.05, 3.63) is 157 Å². The SMILES string of the molecule is Cc1ccnc(-n2c3[c-]c(Oc4[c-]c(-n5nc(-n6cccn6)c(-c6ccccc6)c5-n5cccn5)cc(C(C)(C)C)c4)ccc3c3ccccc32)c1.[Pt+2]. The Labute approximate surface area is 321 Å². The number of hydrogen-bond acceptors (Lipinski definition) is 5. The van der Waals surface area contributed by atoms with E-state index in [1.165, 1.54) is 0 Å².